The van der Waals surface area contributed by atoms with Gasteiger partial charge in [0.15, 0.2) is 0 Å². The fraction of sp³-hybridized carbons (Fsp3) is 0.545. The lowest BCUT2D eigenvalue weighted by molar-refractivity contribution is -0.384. The minimum Gasteiger partial charge on any atom is -0.351 e. The Bertz CT molecular complexity index is 349. The van der Waals surface area contributed by atoms with Gasteiger partial charge in [0.05, 0.1) is 4.92 Å². The molecule has 0 N–H and O–H groups in total. The summed E-state index contributed by atoms with van der Waals surface area (Å²) >= 11 is 0. The molecule has 88 valence electrons. The average molecular weight is 223 g/mol. The van der Waals surface area contributed by atoms with Gasteiger partial charge in [-0.25, -0.2) is 4.98 Å². The molecule has 0 bridgehead atoms. The molecule has 1 heterocycles. The van der Waals surface area contributed by atoms with Gasteiger partial charge in [-0.1, -0.05) is 13.8 Å². The van der Waals surface area contributed by atoms with Crippen LogP contribution in [0.5, 0.6) is 0 Å². The number of pyridine rings is 1. The van der Waals surface area contributed by atoms with Crippen molar-refractivity contribution >= 4 is 11.5 Å². The van der Waals surface area contributed by atoms with Gasteiger partial charge in [0.25, 0.3) is 0 Å². The first-order valence-corrected chi connectivity index (χ1v) is 5.55. The highest BCUT2D eigenvalue weighted by Crippen LogP contribution is 2.24. The third-order valence-corrected chi connectivity index (χ3v) is 2.25. The van der Waals surface area contributed by atoms with E-state index in [2.05, 4.69) is 18.8 Å². The first-order chi connectivity index (χ1) is 7.70. The Morgan fingerprint density at radius 2 is 2.00 bits per heavy atom. The quantitative estimate of drug-likeness (QED) is 0.549. The van der Waals surface area contributed by atoms with E-state index in [1.54, 1.807) is 12.3 Å². The number of hydrogen-bond donors (Lipinski definition) is 0. The molecule has 16 heavy (non-hydrogen) atoms. The number of hydrogen-bond acceptors (Lipinski definition) is 4. The van der Waals surface area contributed by atoms with Crippen LogP contribution in [0.15, 0.2) is 18.3 Å². The summed E-state index contributed by atoms with van der Waals surface area (Å²) in [4.78, 5) is 16.6. The molecule has 0 saturated heterocycles. The van der Waals surface area contributed by atoms with E-state index in [1.807, 2.05) is 4.90 Å². The van der Waals surface area contributed by atoms with Crippen LogP contribution in [0.2, 0.25) is 0 Å². The number of nitrogens with zero attached hydrogens (tertiary/aromatic N) is 3. The Morgan fingerprint density at radius 3 is 2.50 bits per heavy atom. The summed E-state index contributed by atoms with van der Waals surface area (Å²) in [6.45, 7) is 5.70. The van der Waals surface area contributed by atoms with Crippen molar-refractivity contribution in [2.45, 2.75) is 26.7 Å². The topological polar surface area (TPSA) is 59.3 Å². The molecule has 1 aromatic rings. The highest BCUT2D eigenvalue weighted by molar-refractivity contribution is 5.57. The van der Waals surface area contributed by atoms with Crippen LogP contribution in [0.1, 0.15) is 26.7 Å². The van der Waals surface area contributed by atoms with Gasteiger partial charge in [-0.3, -0.25) is 10.1 Å². The van der Waals surface area contributed by atoms with Gasteiger partial charge in [-0.05, 0) is 18.9 Å². The van der Waals surface area contributed by atoms with Crippen LogP contribution in [-0.2, 0) is 0 Å². The van der Waals surface area contributed by atoms with Crippen molar-refractivity contribution in [1.82, 2.24) is 4.98 Å². The lowest BCUT2D eigenvalue weighted by Gasteiger charge is -2.21. The Hall–Kier alpha value is -1.65. The number of nitro groups is 1. The summed E-state index contributed by atoms with van der Waals surface area (Å²) in [5.41, 5.74) is 0.0874. The van der Waals surface area contributed by atoms with Crippen LogP contribution >= 0.6 is 0 Å². The standard InChI is InChI=1S/C11H17N3O2/c1-3-8-13(9-4-2)11-10(14(15)16)6-5-7-12-11/h5-7H,3-4,8-9H2,1-2H3. The molecule has 1 rings (SSSR count). The van der Waals surface area contributed by atoms with Crippen LogP contribution in [0.4, 0.5) is 11.5 Å². The van der Waals surface area contributed by atoms with Gasteiger partial charge >= 0.3 is 5.69 Å². The van der Waals surface area contributed by atoms with Crippen molar-refractivity contribution in [2.75, 3.05) is 18.0 Å². The maximum atomic E-state index is 10.9. The molecule has 1 aromatic heterocycles. The fourth-order valence-corrected chi connectivity index (χ4v) is 1.64. The molecular weight excluding hydrogens is 206 g/mol. The van der Waals surface area contributed by atoms with E-state index < -0.39 is 0 Å². The summed E-state index contributed by atoms with van der Waals surface area (Å²) in [5, 5.41) is 10.9. The average Bonchev–Trinajstić information content (AvgIpc) is 2.29. The van der Waals surface area contributed by atoms with E-state index in [9.17, 15) is 10.1 Å². The maximum Gasteiger partial charge on any atom is 0.311 e. The van der Waals surface area contributed by atoms with Crippen molar-refractivity contribution in [3.63, 3.8) is 0 Å². The number of rotatable bonds is 6. The summed E-state index contributed by atoms with van der Waals surface area (Å²) in [7, 11) is 0. The summed E-state index contributed by atoms with van der Waals surface area (Å²) in [6.07, 6.45) is 3.50. The highest BCUT2D eigenvalue weighted by atomic mass is 16.6. The molecule has 0 aliphatic carbocycles. The van der Waals surface area contributed by atoms with Crippen LogP contribution in [0.25, 0.3) is 0 Å². The van der Waals surface area contributed by atoms with Gasteiger partial charge < -0.3 is 4.90 Å². The van der Waals surface area contributed by atoms with Gasteiger partial charge in [-0.2, -0.15) is 0 Å². The molecule has 0 amide bonds. The van der Waals surface area contributed by atoms with Gasteiger partial charge in [0.1, 0.15) is 0 Å². The molecule has 0 fully saturated rings. The first-order valence-electron chi connectivity index (χ1n) is 5.55. The summed E-state index contributed by atoms with van der Waals surface area (Å²) < 4.78 is 0. The largest absolute Gasteiger partial charge is 0.351 e. The first kappa shape index (κ1) is 12.4. The maximum absolute atomic E-state index is 10.9. The number of anilines is 1. The van der Waals surface area contributed by atoms with Crippen molar-refractivity contribution in [2.24, 2.45) is 0 Å². The van der Waals surface area contributed by atoms with Gasteiger partial charge in [0.2, 0.25) is 5.82 Å². The Morgan fingerprint density at radius 1 is 1.38 bits per heavy atom. The molecule has 0 aliphatic rings. The monoisotopic (exact) mass is 223 g/mol. The normalized spacial score (nSPS) is 10.1. The van der Waals surface area contributed by atoms with Gasteiger partial charge in [0, 0.05) is 25.4 Å². The molecule has 0 aromatic carbocycles. The third-order valence-electron chi connectivity index (χ3n) is 2.25. The van der Waals surface area contributed by atoms with Crippen LogP contribution in [0.3, 0.4) is 0 Å². The predicted octanol–water partition coefficient (Wildman–Crippen LogP) is 2.62. The Labute approximate surface area is 95.3 Å². The second kappa shape index (κ2) is 6.05. The molecule has 5 nitrogen and oxygen atoms in total. The van der Waals surface area contributed by atoms with Crippen LogP contribution in [-0.4, -0.2) is 23.0 Å². The molecule has 0 aliphatic heterocycles. The SMILES string of the molecule is CCCN(CCC)c1ncccc1[N+](=O)[O-]. The molecule has 0 atom stereocenters. The van der Waals surface area contributed by atoms with E-state index >= 15 is 0 Å². The molecule has 0 saturated carbocycles. The molecular formula is C11H17N3O2. The summed E-state index contributed by atoms with van der Waals surface area (Å²) in [5.74, 6) is 0.483. The number of aromatic nitrogens is 1. The lowest BCUT2D eigenvalue weighted by Crippen LogP contribution is -2.26. The van der Waals surface area contributed by atoms with Crippen molar-refractivity contribution in [1.29, 1.82) is 0 Å². The zero-order chi connectivity index (χ0) is 12.0. The van der Waals surface area contributed by atoms with E-state index in [-0.39, 0.29) is 10.6 Å². The molecule has 0 unspecified atom stereocenters. The Balaban J connectivity index is 3.02. The van der Waals surface area contributed by atoms with Crippen LogP contribution < -0.4 is 4.90 Å². The minimum atomic E-state index is -0.374. The predicted molar refractivity (Wildman–Crippen MR) is 63.7 cm³/mol. The van der Waals surface area contributed by atoms with Gasteiger partial charge in [-0.15, -0.1) is 0 Å². The lowest BCUT2D eigenvalue weighted by atomic mass is 10.3. The fourth-order valence-electron chi connectivity index (χ4n) is 1.64. The minimum absolute atomic E-state index is 0.0874. The molecule has 0 radical (unpaired) electrons. The van der Waals surface area contributed by atoms with E-state index in [0.717, 1.165) is 25.9 Å². The van der Waals surface area contributed by atoms with Crippen molar-refractivity contribution in [3.05, 3.63) is 28.4 Å². The van der Waals surface area contributed by atoms with E-state index in [4.69, 9.17) is 0 Å². The summed E-state index contributed by atoms with van der Waals surface area (Å²) in [6, 6.07) is 3.10. The second-order valence-electron chi connectivity index (χ2n) is 3.59. The second-order valence-corrected chi connectivity index (χ2v) is 3.59. The molecule has 0 spiro atoms. The van der Waals surface area contributed by atoms with Crippen LogP contribution in [0, 0.1) is 10.1 Å². The van der Waals surface area contributed by atoms with E-state index in [0.29, 0.717) is 5.82 Å². The van der Waals surface area contributed by atoms with E-state index in [1.165, 1.54) is 6.07 Å². The zero-order valence-electron chi connectivity index (χ0n) is 9.72. The Kier molecular flexibility index (Phi) is 4.69. The highest BCUT2D eigenvalue weighted by Gasteiger charge is 2.19. The smallest absolute Gasteiger partial charge is 0.311 e. The third kappa shape index (κ3) is 2.92. The van der Waals surface area contributed by atoms with Crippen molar-refractivity contribution < 1.29 is 4.92 Å². The van der Waals surface area contributed by atoms with Crippen molar-refractivity contribution in [3.8, 4) is 0 Å². The molecule has 5 heteroatoms. The zero-order valence-corrected chi connectivity index (χ0v) is 9.72.